The quantitative estimate of drug-likeness (QED) is 0.409. The van der Waals surface area contributed by atoms with Gasteiger partial charge in [0.1, 0.15) is 11.9 Å². The number of amides is 2. The second-order valence-electron chi connectivity index (χ2n) is 11.0. The van der Waals surface area contributed by atoms with Gasteiger partial charge in [-0.15, -0.1) is 0 Å². The van der Waals surface area contributed by atoms with Crippen LogP contribution >= 0.6 is 0 Å². The van der Waals surface area contributed by atoms with Gasteiger partial charge in [0.25, 0.3) is 5.91 Å². The van der Waals surface area contributed by atoms with Crippen LogP contribution in [0.5, 0.6) is 0 Å². The average molecular weight is 582 g/mol. The fraction of sp³-hybridized carbons (Fsp3) is 0.500. The van der Waals surface area contributed by atoms with Crippen LogP contribution in [0.4, 0.5) is 23.2 Å². The van der Waals surface area contributed by atoms with Crippen LogP contribution in [0.2, 0.25) is 0 Å². The second-order valence-corrected chi connectivity index (χ2v) is 13.0. The van der Waals surface area contributed by atoms with Crippen molar-refractivity contribution in [2.45, 2.75) is 68.2 Å². The monoisotopic (exact) mass is 581 g/mol. The molecule has 7 nitrogen and oxygen atoms in total. The maximum Gasteiger partial charge on any atom is 0.416 e. The molecule has 216 valence electrons. The molecular weight excluding hydrogens is 550 g/mol. The molecule has 2 aromatic carbocycles. The highest BCUT2D eigenvalue weighted by molar-refractivity contribution is 7.90. The molecule has 0 radical (unpaired) electrons. The van der Waals surface area contributed by atoms with Gasteiger partial charge in [-0.3, -0.25) is 9.59 Å². The van der Waals surface area contributed by atoms with Gasteiger partial charge in [-0.2, -0.15) is 13.2 Å². The smallest absolute Gasteiger partial charge is 0.384 e. The average Bonchev–Trinajstić information content (AvgIpc) is 3.82. The van der Waals surface area contributed by atoms with Crippen LogP contribution in [0.25, 0.3) is 0 Å². The first-order valence-electron chi connectivity index (χ1n) is 13.4. The zero-order valence-electron chi connectivity index (χ0n) is 22.1. The first kappa shape index (κ1) is 28.4. The van der Waals surface area contributed by atoms with Crippen molar-refractivity contribution in [2.75, 3.05) is 18.1 Å². The van der Waals surface area contributed by atoms with Crippen molar-refractivity contribution in [3.8, 4) is 0 Å². The molecule has 3 fully saturated rings. The number of benzene rings is 2. The van der Waals surface area contributed by atoms with Gasteiger partial charge in [0.05, 0.1) is 22.1 Å². The zero-order valence-corrected chi connectivity index (χ0v) is 22.9. The Labute approximate surface area is 230 Å². The van der Waals surface area contributed by atoms with E-state index in [9.17, 15) is 35.6 Å². The Bertz CT molecular complexity index is 1440. The third-order valence-corrected chi connectivity index (χ3v) is 9.02. The Kier molecular flexibility index (Phi) is 7.35. The summed E-state index contributed by atoms with van der Waals surface area (Å²) in [5.74, 6) is -2.02. The van der Waals surface area contributed by atoms with Crippen LogP contribution in [0, 0.1) is 17.7 Å². The standard InChI is InChI=1S/C28H31F4N3O4S/c1-3-10-33-22-9-7-18(40(2,38)39)14-20(22)27(37)35-23-11-16(23)12-24(35)26(36)34-25(15-4-5-15)19-8-6-17(13-21(19)29)28(30,31)32/h6-9,13-16,23-25,33H,3-5,10-12H2,1-2H3,(H,34,36)/t16-,23-,24-,25-/m1/s1. The Balaban J connectivity index is 1.42. The number of likely N-dealkylation sites (tertiary alicyclic amines) is 1. The number of carbonyl (C=O) groups is 2. The second kappa shape index (κ2) is 10.4. The number of halogens is 4. The first-order valence-corrected chi connectivity index (χ1v) is 15.3. The molecule has 1 saturated heterocycles. The van der Waals surface area contributed by atoms with E-state index < -0.39 is 51.3 Å². The van der Waals surface area contributed by atoms with Gasteiger partial charge in [-0.05, 0) is 74.3 Å². The van der Waals surface area contributed by atoms with E-state index in [0.29, 0.717) is 37.6 Å². The molecule has 3 aliphatic rings. The van der Waals surface area contributed by atoms with Crippen LogP contribution in [-0.4, -0.2) is 50.0 Å². The normalized spacial score (nSPS) is 22.9. The van der Waals surface area contributed by atoms with Crippen LogP contribution in [-0.2, 0) is 20.8 Å². The lowest BCUT2D eigenvalue weighted by atomic mass is 9.98. The van der Waals surface area contributed by atoms with Crippen LogP contribution in [0.1, 0.15) is 66.6 Å². The van der Waals surface area contributed by atoms with E-state index in [1.165, 1.54) is 17.0 Å². The summed E-state index contributed by atoms with van der Waals surface area (Å²) in [6, 6.07) is 4.75. The van der Waals surface area contributed by atoms with Gasteiger partial charge in [-0.25, -0.2) is 12.8 Å². The molecule has 12 heteroatoms. The predicted molar refractivity (Wildman–Crippen MR) is 140 cm³/mol. The molecule has 0 spiro atoms. The number of nitrogens with one attached hydrogen (secondary N) is 2. The highest BCUT2D eigenvalue weighted by Gasteiger charge is 2.56. The zero-order chi connectivity index (χ0) is 29.0. The fourth-order valence-electron chi connectivity index (χ4n) is 5.55. The summed E-state index contributed by atoms with van der Waals surface area (Å²) >= 11 is 0. The number of hydrogen-bond acceptors (Lipinski definition) is 5. The third-order valence-electron chi connectivity index (χ3n) is 7.91. The van der Waals surface area contributed by atoms with Crippen molar-refractivity contribution in [3.63, 3.8) is 0 Å². The molecule has 1 aliphatic heterocycles. The van der Waals surface area contributed by atoms with E-state index in [1.54, 1.807) is 6.07 Å². The molecule has 0 unspecified atom stereocenters. The molecule has 5 rings (SSSR count). The van der Waals surface area contributed by atoms with E-state index in [4.69, 9.17) is 0 Å². The number of rotatable bonds is 9. The number of nitrogens with zero attached hydrogens (tertiary/aromatic N) is 1. The van der Waals surface area contributed by atoms with Gasteiger partial charge in [-0.1, -0.05) is 13.0 Å². The minimum atomic E-state index is -4.69. The molecule has 1 heterocycles. The van der Waals surface area contributed by atoms with Gasteiger partial charge in [0, 0.05) is 30.1 Å². The lowest BCUT2D eigenvalue weighted by Crippen LogP contribution is -2.49. The van der Waals surface area contributed by atoms with E-state index in [1.807, 2.05) is 6.92 Å². The maximum atomic E-state index is 14.9. The third kappa shape index (κ3) is 5.68. The predicted octanol–water partition coefficient (Wildman–Crippen LogP) is 4.94. The Morgan fingerprint density at radius 2 is 1.82 bits per heavy atom. The summed E-state index contributed by atoms with van der Waals surface area (Å²) < 4.78 is 78.5. The molecule has 4 atom stereocenters. The molecule has 2 saturated carbocycles. The lowest BCUT2D eigenvalue weighted by Gasteiger charge is -2.30. The molecule has 0 bridgehead atoms. The van der Waals surface area contributed by atoms with Crippen molar-refractivity contribution < 1.29 is 35.6 Å². The molecule has 2 amide bonds. The molecule has 40 heavy (non-hydrogen) atoms. The summed E-state index contributed by atoms with van der Waals surface area (Å²) in [5.41, 5.74) is -0.512. The molecule has 0 aromatic heterocycles. The van der Waals surface area contributed by atoms with E-state index in [0.717, 1.165) is 31.2 Å². The largest absolute Gasteiger partial charge is 0.416 e. The number of carbonyl (C=O) groups excluding carboxylic acids is 2. The van der Waals surface area contributed by atoms with Crippen LogP contribution in [0.3, 0.4) is 0 Å². The maximum absolute atomic E-state index is 14.9. The van der Waals surface area contributed by atoms with Crippen molar-refractivity contribution in [2.24, 2.45) is 11.8 Å². The Morgan fingerprint density at radius 1 is 1.10 bits per heavy atom. The molecule has 2 aliphatic carbocycles. The number of alkyl halides is 3. The van der Waals surface area contributed by atoms with Crippen molar-refractivity contribution in [1.29, 1.82) is 0 Å². The first-order chi connectivity index (χ1) is 18.8. The summed E-state index contributed by atoms with van der Waals surface area (Å²) in [6.07, 6.45) is -0.371. The van der Waals surface area contributed by atoms with E-state index in [2.05, 4.69) is 10.6 Å². The number of hydrogen-bond donors (Lipinski definition) is 2. The minimum absolute atomic E-state index is 0.0166. The Morgan fingerprint density at radius 3 is 2.42 bits per heavy atom. The van der Waals surface area contributed by atoms with Crippen LogP contribution in [0.15, 0.2) is 41.3 Å². The highest BCUT2D eigenvalue weighted by atomic mass is 32.2. The van der Waals surface area contributed by atoms with Crippen LogP contribution < -0.4 is 10.6 Å². The van der Waals surface area contributed by atoms with Gasteiger partial charge in [0.2, 0.25) is 5.91 Å². The molecule has 2 aromatic rings. The van der Waals surface area contributed by atoms with Crippen molar-refractivity contribution in [1.82, 2.24) is 10.2 Å². The summed E-state index contributed by atoms with van der Waals surface area (Å²) in [4.78, 5) is 28.9. The summed E-state index contributed by atoms with van der Waals surface area (Å²) in [5, 5.41) is 5.98. The summed E-state index contributed by atoms with van der Waals surface area (Å²) in [6.45, 7) is 2.50. The van der Waals surface area contributed by atoms with E-state index in [-0.39, 0.29) is 33.9 Å². The van der Waals surface area contributed by atoms with Gasteiger partial charge >= 0.3 is 6.18 Å². The highest BCUT2D eigenvalue weighted by Crippen LogP contribution is 2.49. The minimum Gasteiger partial charge on any atom is -0.384 e. The molecule has 2 N–H and O–H groups in total. The van der Waals surface area contributed by atoms with Gasteiger partial charge in [0.15, 0.2) is 9.84 Å². The van der Waals surface area contributed by atoms with Crippen molar-refractivity contribution in [3.05, 3.63) is 58.9 Å². The SMILES string of the molecule is CCCNc1ccc(S(C)(=O)=O)cc1C(=O)N1[C@@H](C(=O)N[C@@H](c2ccc(C(F)(F)F)cc2F)C2CC2)C[C@H]2C[C@H]21. The number of sulfone groups is 1. The topological polar surface area (TPSA) is 95.6 Å². The summed E-state index contributed by atoms with van der Waals surface area (Å²) in [7, 11) is -3.60. The van der Waals surface area contributed by atoms with E-state index >= 15 is 0 Å². The van der Waals surface area contributed by atoms with Crippen molar-refractivity contribution >= 4 is 27.3 Å². The fourth-order valence-corrected chi connectivity index (χ4v) is 6.20. The lowest BCUT2D eigenvalue weighted by molar-refractivity contribution is -0.137. The Hall–Kier alpha value is -3.15. The number of anilines is 1. The van der Waals surface area contributed by atoms with Gasteiger partial charge < -0.3 is 15.5 Å². The number of piperidine rings is 1. The number of fused-ring (bicyclic) bond motifs is 1. The molecular formula is C28H31F4N3O4S.